The molecule has 0 bridgehead atoms. The molecule has 1 aromatic carbocycles. The molecule has 0 saturated heterocycles. The highest BCUT2D eigenvalue weighted by Gasteiger charge is 2.05. The molecule has 0 heterocycles. The van der Waals surface area contributed by atoms with Crippen molar-refractivity contribution in [3.8, 4) is 0 Å². The quantitative estimate of drug-likeness (QED) is 0.799. The maximum absolute atomic E-state index is 10.5. The molecule has 2 heteroatoms. The summed E-state index contributed by atoms with van der Waals surface area (Å²) in [5.74, 6) is -0.282. The number of carboxylic acids is 1. The Morgan fingerprint density at radius 3 is 2.50 bits per heavy atom. The summed E-state index contributed by atoms with van der Waals surface area (Å²) in [5.41, 5.74) is 3.34. The van der Waals surface area contributed by atoms with E-state index >= 15 is 0 Å². The van der Waals surface area contributed by atoms with Crippen molar-refractivity contribution in [2.75, 3.05) is 0 Å². The monoisotopic (exact) mass is 192 g/mol. The Balaban J connectivity index is 2.94. The second-order valence-corrected chi connectivity index (χ2v) is 3.92. The van der Waals surface area contributed by atoms with Crippen LogP contribution in [0.15, 0.2) is 18.2 Å². The average molecular weight is 192 g/mol. The summed E-state index contributed by atoms with van der Waals surface area (Å²) >= 11 is 0. The lowest BCUT2D eigenvalue weighted by atomic mass is 9.95. The van der Waals surface area contributed by atoms with E-state index in [2.05, 4.69) is 13.8 Å². The Hall–Kier alpha value is -1.31. The van der Waals surface area contributed by atoms with Crippen LogP contribution in [0.25, 0.3) is 0 Å². The van der Waals surface area contributed by atoms with Gasteiger partial charge in [-0.3, -0.25) is 4.79 Å². The van der Waals surface area contributed by atoms with Gasteiger partial charge < -0.3 is 5.11 Å². The summed E-state index contributed by atoms with van der Waals surface area (Å²) < 4.78 is 0. The number of benzene rings is 1. The van der Waals surface area contributed by atoms with Crippen LogP contribution >= 0.6 is 0 Å². The summed E-state index contributed by atoms with van der Waals surface area (Å²) in [6.07, 6.45) is 0.110. The number of carboxylic acid groups (broad SMARTS) is 1. The van der Waals surface area contributed by atoms with E-state index in [1.54, 1.807) is 0 Å². The van der Waals surface area contributed by atoms with Crippen LogP contribution < -0.4 is 0 Å². The van der Waals surface area contributed by atoms with Gasteiger partial charge in [0.2, 0.25) is 0 Å². The molecule has 2 nitrogen and oxygen atoms in total. The van der Waals surface area contributed by atoms with Gasteiger partial charge >= 0.3 is 5.97 Å². The third-order valence-electron chi connectivity index (χ3n) is 2.31. The molecule has 1 N–H and O–H groups in total. The van der Waals surface area contributed by atoms with Gasteiger partial charge in [-0.1, -0.05) is 32.0 Å². The Labute approximate surface area is 84.6 Å². The number of hydrogen-bond acceptors (Lipinski definition) is 1. The molecule has 0 aliphatic rings. The summed E-state index contributed by atoms with van der Waals surface area (Å²) in [4.78, 5) is 10.5. The Kier molecular flexibility index (Phi) is 3.28. The molecule has 0 radical (unpaired) electrons. The number of rotatable bonds is 3. The molecule has 0 amide bonds. The van der Waals surface area contributed by atoms with Gasteiger partial charge in [-0.2, -0.15) is 0 Å². The van der Waals surface area contributed by atoms with Crippen LogP contribution in [0.4, 0.5) is 0 Å². The van der Waals surface area contributed by atoms with Gasteiger partial charge in [0.25, 0.3) is 0 Å². The van der Waals surface area contributed by atoms with Gasteiger partial charge in [-0.25, -0.2) is 0 Å². The normalized spacial score (nSPS) is 10.6. The molecule has 1 aromatic rings. The van der Waals surface area contributed by atoms with Crippen LogP contribution in [0, 0.1) is 6.92 Å². The fourth-order valence-corrected chi connectivity index (χ4v) is 1.67. The third-order valence-corrected chi connectivity index (χ3v) is 2.31. The van der Waals surface area contributed by atoms with E-state index in [0.29, 0.717) is 5.92 Å². The molecule has 0 saturated carbocycles. The SMILES string of the molecule is Cc1cc(CC(=O)O)ccc1C(C)C. The Bertz CT molecular complexity index is 340. The summed E-state index contributed by atoms with van der Waals surface area (Å²) in [5, 5.41) is 8.64. The minimum atomic E-state index is -0.776. The van der Waals surface area contributed by atoms with Crippen LogP contribution in [-0.2, 0) is 11.2 Å². The number of carbonyl (C=O) groups is 1. The van der Waals surface area contributed by atoms with Gasteiger partial charge in [-0.05, 0) is 29.5 Å². The molecular weight excluding hydrogens is 176 g/mol. The van der Waals surface area contributed by atoms with E-state index in [-0.39, 0.29) is 6.42 Å². The largest absolute Gasteiger partial charge is 0.481 e. The molecule has 1 rings (SSSR count). The van der Waals surface area contributed by atoms with E-state index in [9.17, 15) is 4.79 Å². The van der Waals surface area contributed by atoms with Crippen LogP contribution in [0.1, 0.15) is 36.5 Å². The highest BCUT2D eigenvalue weighted by molar-refractivity contribution is 5.70. The first-order chi connectivity index (χ1) is 6.50. The van der Waals surface area contributed by atoms with Crippen molar-refractivity contribution in [3.63, 3.8) is 0 Å². The van der Waals surface area contributed by atoms with Gasteiger partial charge in [-0.15, -0.1) is 0 Å². The molecule has 0 aliphatic carbocycles. The van der Waals surface area contributed by atoms with E-state index in [1.807, 2.05) is 25.1 Å². The molecular formula is C12H16O2. The molecule has 14 heavy (non-hydrogen) atoms. The highest BCUT2D eigenvalue weighted by atomic mass is 16.4. The zero-order chi connectivity index (χ0) is 10.7. The van der Waals surface area contributed by atoms with Crippen molar-refractivity contribution in [2.24, 2.45) is 0 Å². The summed E-state index contributed by atoms with van der Waals surface area (Å²) in [6.45, 7) is 6.30. The second kappa shape index (κ2) is 4.27. The van der Waals surface area contributed by atoms with E-state index in [1.165, 1.54) is 11.1 Å². The van der Waals surface area contributed by atoms with Crippen molar-refractivity contribution in [3.05, 3.63) is 34.9 Å². The van der Waals surface area contributed by atoms with Crippen LogP contribution in [0.5, 0.6) is 0 Å². The van der Waals surface area contributed by atoms with Crippen LogP contribution in [0.3, 0.4) is 0 Å². The zero-order valence-corrected chi connectivity index (χ0v) is 8.87. The Morgan fingerprint density at radius 1 is 1.43 bits per heavy atom. The second-order valence-electron chi connectivity index (χ2n) is 3.92. The van der Waals surface area contributed by atoms with E-state index < -0.39 is 5.97 Å². The van der Waals surface area contributed by atoms with Crippen molar-refractivity contribution >= 4 is 5.97 Å². The molecule has 76 valence electrons. The lowest BCUT2D eigenvalue weighted by molar-refractivity contribution is -0.136. The van der Waals surface area contributed by atoms with Gasteiger partial charge in [0.05, 0.1) is 6.42 Å². The number of aliphatic carboxylic acids is 1. The first-order valence-electron chi connectivity index (χ1n) is 4.82. The predicted octanol–water partition coefficient (Wildman–Crippen LogP) is 2.75. The maximum Gasteiger partial charge on any atom is 0.307 e. The number of hydrogen-bond donors (Lipinski definition) is 1. The molecule has 0 unspecified atom stereocenters. The maximum atomic E-state index is 10.5. The Morgan fingerprint density at radius 2 is 2.07 bits per heavy atom. The fourth-order valence-electron chi connectivity index (χ4n) is 1.67. The minimum Gasteiger partial charge on any atom is -0.481 e. The number of aryl methyl sites for hydroxylation is 1. The molecule has 0 aliphatic heterocycles. The summed E-state index contributed by atoms with van der Waals surface area (Å²) in [6, 6.07) is 5.89. The third kappa shape index (κ3) is 2.59. The minimum absolute atomic E-state index is 0.110. The average Bonchev–Trinajstić information content (AvgIpc) is 2.01. The zero-order valence-electron chi connectivity index (χ0n) is 8.87. The molecule has 0 atom stereocenters. The lowest BCUT2D eigenvalue weighted by Gasteiger charge is -2.10. The fraction of sp³-hybridized carbons (Fsp3) is 0.417. The molecule has 0 aromatic heterocycles. The molecule has 0 spiro atoms. The van der Waals surface area contributed by atoms with Gasteiger partial charge in [0.1, 0.15) is 0 Å². The van der Waals surface area contributed by atoms with Crippen molar-refractivity contribution < 1.29 is 9.90 Å². The summed E-state index contributed by atoms with van der Waals surface area (Å²) in [7, 11) is 0. The predicted molar refractivity (Wildman–Crippen MR) is 56.6 cm³/mol. The smallest absolute Gasteiger partial charge is 0.307 e. The van der Waals surface area contributed by atoms with Crippen molar-refractivity contribution in [1.82, 2.24) is 0 Å². The standard InChI is InChI=1S/C12H16O2/c1-8(2)11-5-4-10(6-9(11)3)7-12(13)14/h4-6,8H,7H2,1-3H3,(H,13,14). The first kappa shape index (κ1) is 10.8. The van der Waals surface area contributed by atoms with Gasteiger partial charge in [0.15, 0.2) is 0 Å². The highest BCUT2D eigenvalue weighted by Crippen LogP contribution is 2.20. The van der Waals surface area contributed by atoms with E-state index in [0.717, 1.165) is 5.56 Å². The topological polar surface area (TPSA) is 37.3 Å². The van der Waals surface area contributed by atoms with Gasteiger partial charge in [0, 0.05) is 0 Å². The van der Waals surface area contributed by atoms with Crippen LogP contribution in [0.2, 0.25) is 0 Å². The lowest BCUT2D eigenvalue weighted by Crippen LogP contribution is -2.01. The van der Waals surface area contributed by atoms with Crippen LogP contribution in [-0.4, -0.2) is 11.1 Å². The first-order valence-corrected chi connectivity index (χ1v) is 4.82. The van der Waals surface area contributed by atoms with Crippen molar-refractivity contribution in [1.29, 1.82) is 0 Å². The molecule has 0 fully saturated rings. The van der Waals surface area contributed by atoms with Crippen molar-refractivity contribution in [2.45, 2.75) is 33.1 Å². The van der Waals surface area contributed by atoms with E-state index in [4.69, 9.17) is 5.11 Å².